The lowest BCUT2D eigenvalue weighted by Crippen LogP contribution is -2.40. The summed E-state index contributed by atoms with van der Waals surface area (Å²) in [6.45, 7) is 11.4. The summed E-state index contributed by atoms with van der Waals surface area (Å²) in [6, 6.07) is 0. The SMILES string of the molecule is CCOC(=O)C[C@H](CC(C)(C)[Si](C)(C)O)/C(F)=C/c1csc(C)n1. The fourth-order valence-electron chi connectivity index (χ4n) is 2.26. The maximum absolute atomic E-state index is 14.8. The Bertz CT molecular complexity index is 593. The van der Waals surface area contributed by atoms with E-state index in [2.05, 4.69) is 4.98 Å². The molecule has 0 amide bonds. The van der Waals surface area contributed by atoms with Gasteiger partial charge in [-0.15, -0.1) is 11.3 Å². The number of esters is 1. The molecule has 1 rings (SSSR count). The number of hydrogen-bond acceptors (Lipinski definition) is 5. The minimum absolute atomic E-state index is 0.0345. The zero-order valence-corrected chi connectivity index (χ0v) is 17.2. The lowest BCUT2D eigenvalue weighted by molar-refractivity contribution is -0.144. The molecule has 1 aromatic heterocycles. The van der Waals surface area contributed by atoms with Gasteiger partial charge >= 0.3 is 5.97 Å². The molecule has 0 fully saturated rings. The van der Waals surface area contributed by atoms with Crippen LogP contribution >= 0.6 is 11.3 Å². The van der Waals surface area contributed by atoms with Crippen LogP contribution in [0.25, 0.3) is 6.08 Å². The molecule has 0 aromatic carbocycles. The van der Waals surface area contributed by atoms with Crippen molar-refractivity contribution in [2.75, 3.05) is 6.61 Å². The molecule has 1 aromatic rings. The summed E-state index contributed by atoms with van der Waals surface area (Å²) in [7, 11) is -2.51. The lowest BCUT2D eigenvalue weighted by Gasteiger charge is -2.37. The van der Waals surface area contributed by atoms with Crippen LogP contribution in [-0.4, -0.2) is 30.7 Å². The third-order valence-electron chi connectivity index (χ3n) is 4.44. The van der Waals surface area contributed by atoms with E-state index in [4.69, 9.17) is 4.74 Å². The van der Waals surface area contributed by atoms with Gasteiger partial charge in [0.25, 0.3) is 0 Å². The van der Waals surface area contributed by atoms with E-state index >= 15 is 0 Å². The molecule has 0 aliphatic rings. The number of halogens is 1. The van der Waals surface area contributed by atoms with E-state index < -0.39 is 25.2 Å². The number of rotatable bonds is 8. The topological polar surface area (TPSA) is 59.4 Å². The van der Waals surface area contributed by atoms with E-state index in [9.17, 15) is 14.0 Å². The second kappa shape index (κ2) is 8.36. The third kappa shape index (κ3) is 6.11. The molecular formula is C17H28FNO3SSi. The van der Waals surface area contributed by atoms with Crippen molar-refractivity contribution >= 4 is 31.7 Å². The fraction of sp³-hybridized carbons (Fsp3) is 0.647. The van der Waals surface area contributed by atoms with Gasteiger partial charge in [0.1, 0.15) is 5.83 Å². The molecule has 0 saturated heterocycles. The quantitative estimate of drug-likeness (QED) is 0.530. The highest BCUT2D eigenvalue weighted by Crippen LogP contribution is 2.44. The predicted octanol–water partition coefficient (Wildman–Crippen LogP) is 4.70. The lowest BCUT2D eigenvalue weighted by atomic mass is 9.91. The van der Waals surface area contributed by atoms with Crippen LogP contribution in [0.2, 0.25) is 18.1 Å². The summed E-state index contributed by atoms with van der Waals surface area (Å²) in [5.74, 6) is -1.44. The number of carbonyl (C=O) groups is 1. The summed E-state index contributed by atoms with van der Waals surface area (Å²) < 4.78 is 19.8. The van der Waals surface area contributed by atoms with E-state index in [-0.39, 0.29) is 18.9 Å². The highest BCUT2D eigenvalue weighted by Gasteiger charge is 2.41. The van der Waals surface area contributed by atoms with Crippen LogP contribution in [0.3, 0.4) is 0 Å². The monoisotopic (exact) mass is 373 g/mol. The number of thiazole rings is 1. The van der Waals surface area contributed by atoms with Crippen LogP contribution in [0.15, 0.2) is 11.2 Å². The van der Waals surface area contributed by atoms with Crippen molar-refractivity contribution in [3.05, 3.63) is 21.9 Å². The summed E-state index contributed by atoms with van der Waals surface area (Å²) in [4.78, 5) is 26.6. The van der Waals surface area contributed by atoms with E-state index in [1.807, 2.05) is 33.9 Å². The van der Waals surface area contributed by atoms with Crippen LogP contribution < -0.4 is 0 Å². The maximum atomic E-state index is 14.8. The van der Waals surface area contributed by atoms with Crippen molar-refractivity contribution in [2.24, 2.45) is 5.92 Å². The van der Waals surface area contributed by atoms with Crippen LogP contribution in [0.4, 0.5) is 4.39 Å². The molecule has 0 radical (unpaired) electrons. The molecule has 0 aliphatic carbocycles. The van der Waals surface area contributed by atoms with Gasteiger partial charge in [-0.25, -0.2) is 9.37 Å². The number of allylic oxidation sites excluding steroid dienone is 1. The summed E-state index contributed by atoms with van der Waals surface area (Å²) in [6.07, 6.45) is 1.73. The number of aromatic nitrogens is 1. The molecule has 4 nitrogen and oxygen atoms in total. The average Bonchev–Trinajstić information content (AvgIpc) is 2.82. The normalized spacial score (nSPS) is 14.6. The molecule has 0 unspecified atom stereocenters. The maximum Gasteiger partial charge on any atom is 0.306 e. The van der Waals surface area contributed by atoms with Gasteiger partial charge in [-0.1, -0.05) is 13.8 Å². The Balaban J connectivity index is 3.04. The van der Waals surface area contributed by atoms with Crippen molar-refractivity contribution in [3.8, 4) is 0 Å². The molecule has 136 valence electrons. The van der Waals surface area contributed by atoms with Gasteiger partial charge in [0.15, 0.2) is 8.32 Å². The molecular weight excluding hydrogens is 345 g/mol. The number of carbonyl (C=O) groups excluding carboxylic acids is 1. The Labute approximate surface area is 148 Å². The van der Waals surface area contributed by atoms with Gasteiger partial charge in [-0.2, -0.15) is 0 Å². The Hall–Kier alpha value is -1.05. The van der Waals surface area contributed by atoms with E-state index in [1.54, 1.807) is 12.3 Å². The Morgan fingerprint density at radius 2 is 2.17 bits per heavy atom. The first kappa shape index (κ1) is 21.0. The minimum atomic E-state index is -2.51. The van der Waals surface area contributed by atoms with Gasteiger partial charge in [-0.3, -0.25) is 4.79 Å². The Morgan fingerprint density at radius 1 is 1.54 bits per heavy atom. The molecule has 0 saturated carbocycles. The van der Waals surface area contributed by atoms with Crippen LogP contribution in [-0.2, 0) is 9.53 Å². The summed E-state index contributed by atoms with van der Waals surface area (Å²) in [5, 5.41) is 2.21. The standard InChI is InChI=1S/C17H28FNO3SSi/c1-7-22-16(20)8-13(10-17(3,4)24(5,6)21)15(18)9-14-11-23-12(2)19-14/h9,11,13,21H,7-8,10H2,1-6H3/b15-9-/t13-/m1/s1. The molecule has 0 aliphatic heterocycles. The van der Waals surface area contributed by atoms with Gasteiger partial charge in [0, 0.05) is 11.3 Å². The average molecular weight is 374 g/mol. The molecule has 7 heteroatoms. The molecule has 1 N–H and O–H groups in total. The van der Waals surface area contributed by atoms with Crippen molar-refractivity contribution < 1.29 is 18.7 Å². The highest BCUT2D eigenvalue weighted by molar-refractivity contribution is 7.09. The van der Waals surface area contributed by atoms with Gasteiger partial charge in [-0.05, 0) is 44.5 Å². The zero-order chi connectivity index (χ0) is 18.5. The third-order valence-corrected chi connectivity index (χ3v) is 8.75. The Kier molecular flexibility index (Phi) is 7.31. The first-order valence-corrected chi connectivity index (χ1v) is 12.0. The van der Waals surface area contributed by atoms with Crippen molar-refractivity contribution in [2.45, 2.75) is 58.7 Å². The second-order valence-corrected chi connectivity index (χ2v) is 12.7. The highest BCUT2D eigenvalue weighted by atomic mass is 32.1. The number of hydrogen-bond donors (Lipinski definition) is 1. The van der Waals surface area contributed by atoms with Gasteiger partial charge in [0.2, 0.25) is 0 Å². The first-order chi connectivity index (χ1) is 11.0. The molecule has 1 atom stereocenters. The van der Waals surface area contributed by atoms with Crippen LogP contribution in [0, 0.1) is 12.8 Å². The predicted molar refractivity (Wildman–Crippen MR) is 99.0 cm³/mol. The molecule has 0 bridgehead atoms. The molecule has 1 heterocycles. The first-order valence-electron chi connectivity index (χ1n) is 8.13. The fourth-order valence-corrected chi connectivity index (χ4v) is 3.58. The number of nitrogens with zero attached hydrogens (tertiary/aromatic N) is 1. The second-order valence-electron chi connectivity index (χ2n) is 7.17. The van der Waals surface area contributed by atoms with Crippen molar-refractivity contribution in [3.63, 3.8) is 0 Å². The Morgan fingerprint density at radius 3 is 2.62 bits per heavy atom. The van der Waals surface area contributed by atoms with Crippen molar-refractivity contribution in [1.82, 2.24) is 4.98 Å². The van der Waals surface area contributed by atoms with Crippen molar-refractivity contribution in [1.29, 1.82) is 0 Å². The van der Waals surface area contributed by atoms with Crippen LogP contribution in [0.1, 0.15) is 44.3 Å². The smallest absolute Gasteiger partial charge is 0.306 e. The summed E-state index contributed by atoms with van der Waals surface area (Å²) in [5.41, 5.74) is 0.558. The van der Waals surface area contributed by atoms with Crippen LogP contribution in [0.5, 0.6) is 0 Å². The molecule has 0 spiro atoms. The zero-order valence-electron chi connectivity index (χ0n) is 15.4. The van der Waals surface area contributed by atoms with E-state index in [0.717, 1.165) is 5.01 Å². The van der Waals surface area contributed by atoms with E-state index in [0.29, 0.717) is 12.1 Å². The minimum Gasteiger partial charge on any atom is -0.466 e. The van der Waals surface area contributed by atoms with E-state index in [1.165, 1.54) is 17.4 Å². The number of ether oxygens (including phenoxy) is 1. The largest absolute Gasteiger partial charge is 0.466 e. The van der Waals surface area contributed by atoms with Gasteiger partial charge < -0.3 is 9.53 Å². The van der Waals surface area contributed by atoms with Gasteiger partial charge in [0.05, 0.1) is 23.7 Å². The molecule has 24 heavy (non-hydrogen) atoms. The summed E-state index contributed by atoms with van der Waals surface area (Å²) >= 11 is 1.45. The number of aryl methyl sites for hydroxylation is 1.